The van der Waals surface area contributed by atoms with E-state index in [9.17, 15) is 17.6 Å². The molecule has 3 rings (SSSR count). The molecule has 0 amide bonds. The van der Waals surface area contributed by atoms with Crippen LogP contribution < -0.4 is 4.72 Å². The van der Waals surface area contributed by atoms with E-state index >= 15 is 0 Å². The number of rotatable bonds is 5. The molecule has 0 radical (unpaired) electrons. The molecule has 0 saturated heterocycles. The Morgan fingerprint density at radius 2 is 1.96 bits per heavy atom. The van der Waals surface area contributed by atoms with Crippen LogP contribution in [-0.4, -0.2) is 37.5 Å². The number of carbonyl (C=O) groups excluding carboxylic acids is 1. The SMILES string of the molecule is CCOC(=O)C1=CC=C2SNC(C)=C2N1N(C)S(=O)(=O)c1ccc(F)cc1. The fourth-order valence-electron chi connectivity index (χ4n) is 2.65. The average Bonchev–Trinajstić information content (AvgIpc) is 3.02. The first kappa shape index (κ1) is 19.5. The first-order valence-corrected chi connectivity index (χ1v) is 10.3. The molecule has 0 atom stereocenters. The number of hydrogen-bond donors (Lipinski definition) is 1. The number of esters is 1. The summed E-state index contributed by atoms with van der Waals surface area (Å²) in [5.74, 6) is -1.19. The molecule has 10 heteroatoms. The highest BCUT2D eigenvalue weighted by molar-refractivity contribution is 8.01. The molecule has 1 N–H and O–H groups in total. The van der Waals surface area contributed by atoms with Gasteiger partial charge in [0, 0.05) is 12.7 Å². The van der Waals surface area contributed by atoms with Gasteiger partial charge in [-0.1, -0.05) is 0 Å². The van der Waals surface area contributed by atoms with Crippen molar-refractivity contribution in [2.75, 3.05) is 13.7 Å². The molecule has 0 aliphatic carbocycles. The molecule has 0 aromatic heterocycles. The fourth-order valence-corrected chi connectivity index (χ4v) is 4.66. The molecule has 0 unspecified atom stereocenters. The number of allylic oxidation sites excluding steroid dienone is 3. The van der Waals surface area contributed by atoms with Gasteiger partial charge in [-0.05, 0) is 62.2 Å². The molecule has 0 fully saturated rings. The van der Waals surface area contributed by atoms with E-state index in [2.05, 4.69) is 4.72 Å². The molecule has 0 spiro atoms. The van der Waals surface area contributed by atoms with Crippen LogP contribution in [0.2, 0.25) is 0 Å². The van der Waals surface area contributed by atoms with Crippen molar-refractivity contribution in [2.24, 2.45) is 0 Å². The third-order valence-electron chi connectivity index (χ3n) is 3.96. The Kier molecular flexibility index (Phi) is 5.31. The van der Waals surface area contributed by atoms with Gasteiger partial charge in [0.25, 0.3) is 10.0 Å². The zero-order valence-corrected chi connectivity index (χ0v) is 16.5. The number of fused-ring (bicyclic) bond motifs is 1. The number of halogens is 1. The van der Waals surface area contributed by atoms with Gasteiger partial charge in [0.2, 0.25) is 0 Å². The molecule has 2 aliphatic rings. The van der Waals surface area contributed by atoms with Gasteiger partial charge in [0.15, 0.2) is 0 Å². The minimum Gasteiger partial charge on any atom is -0.461 e. The summed E-state index contributed by atoms with van der Waals surface area (Å²) in [4.78, 5) is 13.1. The van der Waals surface area contributed by atoms with Gasteiger partial charge in [-0.25, -0.2) is 17.6 Å². The van der Waals surface area contributed by atoms with E-state index in [4.69, 9.17) is 4.74 Å². The van der Waals surface area contributed by atoms with Crippen molar-refractivity contribution in [1.29, 1.82) is 0 Å². The van der Waals surface area contributed by atoms with Crippen molar-refractivity contribution < 1.29 is 22.3 Å². The van der Waals surface area contributed by atoms with E-state index in [1.807, 2.05) is 0 Å². The second-order valence-electron chi connectivity index (χ2n) is 5.69. The van der Waals surface area contributed by atoms with Gasteiger partial charge in [-0.15, -0.1) is 4.41 Å². The van der Waals surface area contributed by atoms with E-state index in [-0.39, 0.29) is 17.2 Å². The largest absolute Gasteiger partial charge is 0.461 e. The quantitative estimate of drug-likeness (QED) is 0.589. The molecule has 144 valence electrons. The standard InChI is InChI=1S/C17H18FN3O4S2/c1-4-25-17(22)14-9-10-15-16(11(2)19-26-15)21(14)20(3)27(23,24)13-7-5-12(18)6-8-13/h5-10,19H,4H2,1-3H3. The van der Waals surface area contributed by atoms with Crippen molar-refractivity contribution in [3.8, 4) is 0 Å². The van der Waals surface area contributed by atoms with E-state index in [0.717, 1.165) is 21.5 Å². The average molecular weight is 411 g/mol. The first-order valence-electron chi connectivity index (χ1n) is 8.05. The molecule has 2 aliphatic heterocycles. The normalized spacial score (nSPS) is 16.7. The van der Waals surface area contributed by atoms with Crippen molar-refractivity contribution in [2.45, 2.75) is 18.7 Å². The Bertz CT molecular complexity index is 968. The predicted molar refractivity (Wildman–Crippen MR) is 99.4 cm³/mol. The minimum atomic E-state index is -4.05. The summed E-state index contributed by atoms with van der Waals surface area (Å²) >= 11 is 1.32. The second-order valence-corrected chi connectivity index (χ2v) is 8.48. The van der Waals surface area contributed by atoms with Crippen molar-refractivity contribution in [3.05, 3.63) is 64.2 Å². The molecular formula is C17H18FN3O4S2. The second kappa shape index (κ2) is 7.37. The number of benzene rings is 1. The van der Waals surface area contributed by atoms with Crippen molar-refractivity contribution in [1.82, 2.24) is 14.1 Å². The third-order valence-corrected chi connectivity index (χ3v) is 6.65. The van der Waals surface area contributed by atoms with Gasteiger partial charge < -0.3 is 9.46 Å². The molecule has 2 heterocycles. The number of nitrogens with one attached hydrogen (secondary N) is 1. The maximum atomic E-state index is 13.2. The highest BCUT2D eigenvalue weighted by atomic mass is 32.2. The summed E-state index contributed by atoms with van der Waals surface area (Å²) < 4.78 is 48.5. The van der Waals surface area contributed by atoms with E-state index in [1.54, 1.807) is 19.9 Å². The Balaban J connectivity index is 2.08. The van der Waals surface area contributed by atoms with Gasteiger partial charge in [0.1, 0.15) is 11.5 Å². The maximum absolute atomic E-state index is 13.2. The van der Waals surface area contributed by atoms with Crippen LogP contribution in [-0.2, 0) is 19.6 Å². The number of hydrazine groups is 1. The molecular weight excluding hydrogens is 393 g/mol. The zero-order valence-electron chi connectivity index (χ0n) is 14.9. The van der Waals surface area contributed by atoms with E-state index < -0.39 is 21.8 Å². The molecule has 1 aromatic carbocycles. The van der Waals surface area contributed by atoms with Gasteiger partial charge in [0.05, 0.1) is 22.1 Å². The number of ether oxygens (including phenoxy) is 1. The van der Waals surface area contributed by atoms with Crippen LogP contribution in [0.25, 0.3) is 0 Å². The van der Waals surface area contributed by atoms with Crippen LogP contribution in [0.4, 0.5) is 4.39 Å². The van der Waals surface area contributed by atoms with Crippen molar-refractivity contribution >= 4 is 27.9 Å². The van der Waals surface area contributed by atoms with Crippen molar-refractivity contribution in [3.63, 3.8) is 0 Å². The first-order chi connectivity index (χ1) is 12.8. The summed E-state index contributed by atoms with van der Waals surface area (Å²) in [6, 6.07) is 4.50. The molecule has 0 bridgehead atoms. The number of nitrogens with zero attached hydrogens (tertiary/aromatic N) is 2. The summed E-state index contributed by atoms with van der Waals surface area (Å²) in [5.41, 5.74) is 1.30. The topological polar surface area (TPSA) is 79.0 Å². The molecule has 27 heavy (non-hydrogen) atoms. The van der Waals surface area contributed by atoms with Crippen LogP contribution in [0.15, 0.2) is 63.3 Å². The monoisotopic (exact) mass is 411 g/mol. The molecule has 1 aromatic rings. The lowest BCUT2D eigenvalue weighted by molar-refractivity contribution is -0.141. The summed E-state index contributed by atoms with van der Waals surface area (Å²) in [6.45, 7) is 3.60. The highest BCUT2D eigenvalue weighted by Crippen LogP contribution is 2.40. The molecule has 0 saturated carbocycles. The smallest absolute Gasteiger partial charge is 0.356 e. The Morgan fingerprint density at radius 1 is 1.30 bits per heavy atom. The summed E-state index contributed by atoms with van der Waals surface area (Å²) in [7, 11) is -2.72. The number of sulfonamides is 1. The summed E-state index contributed by atoms with van der Waals surface area (Å²) in [5, 5.41) is 1.30. The highest BCUT2D eigenvalue weighted by Gasteiger charge is 2.39. The van der Waals surface area contributed by atoms with Gasteiger partial charge in [-0.3, -0.25) is 5.01 Å². The van der Waals surface area contributed by atoms with Crippen LogP contribution in [0.5, 0.6) is 0 Å². The molecule has 7 nitrogen and oxygen atoms in total. The fraction of sp³-hybridized carbons (Fsp3) is 0.235. The number of hydrogen-bond acceptors (Lipinski definition) is 7. The van der Waals surface area contributed by atoms with Gasteiger partial charge in [-0.2, -0.15) is 0 Å². The Morgan fingerprint density at radius 3 is 2.59 bits per heavy atom. The van der Waals surface area contributed by atoms with Gasteiger partial charge >= 0.3 is 5.97 Å². The predicted octanol–water partition coefficient (Wildman–Crippen LogP) is 2.49. The number of carbonyl (C=O) groups is 1. The minimum absolute atomic E-state index is 0.0624. The maximum Gasteiger partial charge on any atom is 0.356 e. The third kappa shape index (κ3) is 3.47. The van der Waals surface area contributed by atoms with Crippen LogP contribution >= 0.6 is 11.9 Å². The van der Waals surface area contributed by atoms with E-state index in [1.165, 1.54) is 42.2 Å². The Hall–Kier alpha value is -2.30. The Labute approximate surface area is 161 Å². The van der Waals surface area contributed by atoms with E-state index in [0.29, 0.717) is 11.4 Å². The lowest BCUT2D eigenvalue weighted by Gasteiger charge is -2.36. The van der Waals surface area contributed by atoms with Crippen LogP contribution in [0, 0.1) is 5.82 Å². The lowest BCUT2D eigenvalue weighted by atomic mass is 10.2. The zero-order chi connectivity index (χ0) is 19.8. The lowest BCUT2D eigenvalue weighted by Crippen LogP contribution is -2.45. The van der Waals surface area contributed by atoms with Crippen LogP contribution in [0.3, 0.4) is 0 Å². The summed E-state index contributed by atoms with van der Waals surface area (Å²) in [6.07, 6.45) is 3.24. The van der Waals surface area contributed by atoms with Crippen LogP contribution in [0.1, 0.15) is 13.8 Å².